The molecule has 0 unspecified atom stereocenters. The van der Waals surface area contributed by atoms with Crippen molar-refractivity contribution in [2.75, 3.05) is 12.8 Å². The van der Waals surface area contributed by atoms with Gasteiger partial charge in [0.2, 0.25) is 21.8 Å². The Labute approximate surface area is 181 Å². The number of unbranched alkanes of at least 4 members (excludes halogenated alkanes) is 3. The molecule has 1 fully saturated rings. The molecule has 0 aromatic heterocycles. The van der Waals surface area contributed by atoms with Gasteiger partial charge in [-0.1, -0.05) is 38.8 Å². The van der Waals surface area contributed by atoms with Crippen LogP contribution in [0.3, 0.4) is 0 Å². The van der Waals surface area contributed by atoms with Crippen molar-refractivity contribution in [3.8, 4) is 11.8 Å². The van der Waals surface area contributed by atoms with Crippen molar-refractivity contribution in [2.45, 2.75) is 83.8 Å². The zero-order valence-corrected chi connectivity index (χ0v) is 19.2. The van der Waals surface area contributed by atoms with Crippen molar-refractivity contribution >= 4 is 21.8 Å². The van der Waals surface area contributed by atoms with Gasteiger partial charge >= 0.3 is 0 Å². The van der Waals surface area contributed by atoms with Crippen molar-refractivity contribution in [1.82, 2.24) is 9.62 Å². The van der Waals surface area contributed by atoms with Gasteiger partial charge in [-0.25, -0.2) is 8.42 Å². The molecule has 1 saturated heterocycles. The van der Waals surface area contributed by atoms with E-state index < -0.39 is 22.0 Å². The monoisotopic (exact) mass is 440 g/mol. The van der Waals surface area contributed by atoms with Gasteiger partial charge in [0, 0.05) is 32.2 Å². The molecule has 0 aromatic carbocycles. The van der Waals surface area contributed by atoms with E-state index in [1.165, 1.54) is 0 Å². The van der Waals surface area contributed by atoms with E-state index in [-0.39, 0.29) is 24.3 Å². The highest BCUT2D eigenvalue weighted by Crippen LogP contribution is 2.22. The highest BCUT2D eigenvalue weighted by atomic mass is 32.2. The summed E-state index contributed by atoms with van der Waals surface area (Å²) in [6, 6.07) is 0.0154. The van der Waals surface area contributed by atoms with Gasteiger partial charge in [-0.2, -0.15) is 0 Å². The number of carbonyl (C=O) groups excluding carboxylic acids is 2. The Morgan fingerprint density at radius 3 is 2.67 bits per heavy atom. The SMILES string of the molecule is CCC#CC[C@H](C)[C@H](O)/C=C/[C@H]1CCC(=O)N1CCCCCCC(=O)NS(C)(=O)=O. The van der Waals surface area contributed by atoms with E-state index in [1.54, 1.807) is 6.08 Å². The number of nitrogens with zero attached hydrogens (tertiary/aromatic N) is 1. The minimum atomic E-state index is -3.49. The minimum absolute atomic E-state index is 0.0154. The number of nitrogens with one attached hydrogen (secondary N) is 1. The predicted molar refractivity (Wildman–Crippen MR) is 118 cm³/mol. The molecule has 0 spiro atoms. The first-order valence-corrected chi connectivity index (χ1v) is 12.7. The molecule has 3 atom stereocenters. The maximum atomic E-state index is 12.2. The second kappa shape index (κ2) is 13.5. The van der Waals surface area contributed by atoms with Crippen LogP contribution in [0.1, 0.15) is 71.6 Å². The molecule has 1 rings (SSSR count). The molecule has 0 aliphatic carbocycles. The largest absolute Gasteiger partial charge is 0.389 e. The Morgan fingerprint density at radius 2 is 2.00 bits per heavy atom. The third-order valence-electron chi connectivity index (χ3n) is 5.07. The van der Waals surface area contributed by atoms with E-state index in [1.807, 2.05) is 29.5 Å². The van der Waals surface area contributed by atoms with Crippen LogP contribution >= 0.6 is 0 Å². The van der Waals surface area contributed by atoms with Crippen LogP contribution in [-0.4, -0.2) is 55.2 Å². The number of aliphatic hydroxyl groups is 1. The Morgan fingerprint density at radius 1 is 1.30 bits per heavy atom. The molecular formula is C22H36N2O5S. The predicted octanol–water partition coefficient (Wildman–Crippen LogP) is 2.36. The van der Waals surface area contributed by atoms with Gasteiger partial charge in [0.25, 0.3) is 0 Å². The minimum Gasteiger partial charge on any atom is -0.389 e. The van der Waals surface area contributed by atoms with Gasteiger partial charge < -0.3 is 10.0 Å². The highest BCUT2D eigenvalue weighted by Gasteiger charge is 2.28. The maximum Gasteiger partial charge on any atom is 0.233 e. The average Bonchev–Trinajstić information content (AvgIpc) is 3.01. The van der Waals surface area contributed by atoms with E-state index in [0.29, 0.717) is 25.8 Å². The molecule has 1 heterocycles. The van der Waals surface area contributed by atoms with Crippen LogP contribution in [0.15, 0.2) is 12.2 Å². The Balaban J connectivity index is 2.35. The maximum absolute atomic E-state index is 12.2. The van der Waals surface area contributed by atoms with Crippen LogP contribution in [0.5, 0.6) is 0 Å². The lowest BCUT2D eigenvalue weighted by Gasteiger charge is -2.23. The lowest BCUT2D eigenvalue weighted by molar-refractivity contribution is -0.128. The second-order valence-electron chi connectivity index (χ2n) is 7.92. The van der Waals surface area contributed by atoms with Gasteiger partial charge in [0.1, 0.15) is 0 Å². The lowest BCUT2D eigenvalue weighted by Crippen LogP contribution is -2.33. The number of hydrogen-bond donors (Lipinski definition) is 2. The van der Waals surface area contributed by atoms with Crippen molar-refractivity contribution in [3.63, 3.8) is 0 Å². The van der Waals surface area contributed by atoms with Crippen LogP contribution in [-0.2, 0) is 19.6 Å². The molecule has 170 valence electrons. The molecule has 8 heteroatoms. The fourth-order valence-corrected chi connectivity index (χ4v) is 3.85. The molecule has 1 aliphatic rings. The van der Waals surface area contributed by atoms with Crippen molar-refractivity contribution in [1.29, 1.82) is 0 Å². The molecule has 30 heavy (non-hydrogen) atoms. The van der Waals surface area contributed by atoms with Crippen molar-refractivity contribution in [3.05, 3.63) is 12.2 Å². The fourth-order valence-electron chi connectivity index (χ4n) is 3.34. The van der Waals surface area contributed by atoms with Crippen LogP contribution in [0.2, 0.25) is 0 Å². The number of carbonyl (C=O) groups is 2. The van der Waals surface area contributed by atoms with Crippen LogP contribution in [0, 0.1) is 17.8 Å². The summed E-state index contributed by atoms with van der Waals surface area (Å²) in [7, 11) is -3.49. The van der Waals surface area contributed by atoms with E-state index in [2.05, 4.69) is 11.8 Å². The average molecular weight is 441 g/mol. The zero-order chi connectivity index (χ0) is 22.6. The zero-order valence-electron chi connectivity index (χ0n) is 18.4. The van der Waals surface area contributed by atoms with Gasteiger partial charge in [0.05, 0.1) is 18.4 Å². The molecule has 2 amide bonds. The molecular weight excluding hydrogens is 404 g/mol. The molecule has 7 nitrogen and oxygen atoms in total. The number of amides is 2. The highest BCUT2D eigenvalue weighted by molar-refractivity contribution is 7.89. The summed E-state index contributed by atoms with van der Waals surface area (Å²) in [5, 5.41) is 10.3. The number of hydrogen-bond acceptors (Lipinski definition) is 5. The van der Waals surface area contributed by atoms with E-state index in [9.17, 15) is 23.1 Å². The first-order chi connectivity index (χ1) is 14.1. The smallest absolute Gasteiger partial charge is 0.233 e. The summed E-state index contributed by atoms with van der Waals surface area (Å²) in [5.41, 5.74) is 0. The first-order valence-electron chi connectivity index (χ1n) is 10.8. The summed E-state index contributed by atoms with van der Waals surface area (Å²) in [4.78, 5) is 25.5. The molecule has 2 N–H and O–H groups in total. The number of sulfonamides is 1. The fraction of sp³-hybridized carbons (Fsp3) is 0.727. The third-order valence-corrected chi connectivity index (χ3v) is 5.66. The number of likely N-dealkylation sites (tertiary alicyclic amines) is 1. The summed E-state index contributed by atoms with van der Waals surface area (Å²) in [6.45, 7) is 4.61. The van der Waals surface area contributed by atoms with E-state index in [4.69, 9.17) is 0 Å². The van der Waals surface area contributed by atoms with Gasteiger partial charge in [0.15, 0.2) is 0 Å². The molecule has 0 bridgehead atoms. The van der Waals surface area contributed by atoms with Crippen molar-refractivity contribution < 1.29 is 23.1 Å². The lowest BCUT2D eigenvalue weighted by atomic mass is 10.00. The van der Waals surface area contributed by atoms with Crippen molar-refractivity contribution in [2.24, 2.45) is 5.92 Å². The third kappa shape index (κ3) is 10.8. The molecule has 0 saturated carbocycles. The Bertz CT molecular complexity index is 751. The summed E-state index contributed by atoms with van der Waals surface area (Å²) in [5.74, 6) is 5.77. The topological polar surface area (TPSA) is 104 Å². The van der Waals surface area contributed by atoms with Gasteiger partial charge in [-0.3, -0.25) is 14.3 Å². The summed E-state index contributed by atoms with van der Waals surface area (Å²) >= 11 is 0. The Kier molecular flexibility index (Phi) is 11.7. The number of rotatable bonds is 12. The first kappa shape index (κ1) is 26.2. The van der Waals surface area contributed by atoms with Gasteiger partial charge in [-0.05, 0) is 25.2 Å². The Hall–Kier alpha value is -1.85. The summed E-state index contributed by atoms with van der Waals surface area (Å²) in [6.07, 6.45) is 10.1. The summed E-state index contributed by atoms with van der Waals surface area (Å²) < 4.78 is 23.9. The standard InChI is InChI=1S/C22H36N2O5S/c1-4-5-8-11-18(2)20(25)15-13-19-14-16-22(27)24(19)17-10-7-6-9-12-21(26)23-30(3,28)29/h13,15,18-20,25H,4,6-7,9-12,14,16-17H2,1-3H3,(H,23,26)/b15-13+/t18-,19-,20+/m0/s1. The van der Waals surface area contributed by atoms with Crippen LogP contribution in [0.4, 0.5) is 0 Å². The van der Waals surface area contributed by atoms with E-state index >= 15 is 0 Å². The van der Waals surface area contributed by atoms with E-state index in [0.717, 1.165) is 38.4 Å². The van der Waals surface area contributed by atoms with Gasteiger partial charge in [-0.15, -0.1) is 11.8 Å². The number of aliphatic hydroxyl groups excluding tert-OH is 1. The van der Waals surface area contributed by atoms with Crippen LogP contribution in [0.25, 0.3) is 0 Å². The normalized spacial score (nSPS) is 18.9. The molecule has 1 aliphatic heterocycles. The van der Waals surface area contributed by atoms with Crippen LogP contribution < -0.4 is 4.72 Å². The quantitative estimate of drug-likeness (QED) is 0.275. The molecule has 0 aromatic rings. The molecule has 0 radical (unpaired) electrons. The second-order valence-corrected chi connectivity index (χ2v) is 9.67.